The molecule has 0 saturated carbocycles. The summed E-state index contributed by atoms with van der Waals surface area (Å²) in [5.41, 5.74) is 7.80. The number of unbranched alkanes of at least 4 members (excludes halogenated alkanes) is 2. The second-order valence-corrected chi connectivity index (χ2v) is 11.3. The van der Waals surface area contributed by atoms with Crippen molar-refractivity contribution in [2.45, 2.75) is 76.7 Å². The van der Waals surface area contributed by atoms with Crippen molar-refractivity contribution in [1.82, 2.24) is 14.7 Å². The third kappa shape index (κ3) is 7.31. The number of benzene rings is 1. The Bertz CT molecular complexity index is 1000. The molecule has 2 fully saturated rings. The summed E-state index contributed by atoms with van der Waals surface area (Å²) in [6.07, 6.45) is 7.50. The lowest BCUT2D eigenvalue weighted by atomic mass is 9.83. The van der Waals surface area contributed by atoms with Gasteiger partial charge >= 0.3 is 5.97 Å². The summed E-state index contributed by atoms with van der Waals surface area (Å²) in [4.78, 5) is 44.8. The molecule has 1 aromatic carbocycles. The normalized spacial score (nSPS) is 23.1. The second-order valence-electron chi connectivity index (χ2n) is 11.3. The summed E-state index contributed by atoms with van der Waals surface area (Å²) in [7, 11) is 0. The summed E-state index contributed by atoms with van der Waals surface area (Å²) < 4.78 is 5.68. The molecule has 0 radical (unpaired) electrons. The molecule has 216 valence electrons. The topological polar surface area (TPSA) is 116 Å². The quantitative estimate of drug-likeness (QED) is 0.347. The molecule has 0 aliphatic carbocycles. The van der Waals surface area contributed by atoms with Gasteiger partial charge in [0.15, 0.2) is 0 Å². The van der Waals surface area contributed by atoms with Gasteiger partial charge < -0.3 is 25.4 Å². The highest BCUT2D eigenvalue weighted by molar-refractivity contribution is 5.79. The number of hydrogen-bond acceptors (Lipinski definition) is 6. The van der Waals surface area contributed by atoms with Gasteiger partial charge in [0.1, 0.15) is 5.75 Å². The molecular weight excluding hydrogens is 496 g/mol. The van der Waals surface area contributed by atoms with E-state index in [0.29, 0.717) is 52.2 Å². The smallest absolute Gasteiger partial charge is 0.308 e. The number of aliphatic carboxylic acids is 1. The Hall–Kier alpha value is -2.65. The Balaban J connectivity index is 1.56. The van der Waals surface area contributed by atoms with Crippen LogP contribution in [0, 0.1) is 5.92 Å². The number of rotatable bonds is 14. The van der Waals surface area contributed by atoms with Gasteiger partial charge in [-0.3, -0.25) is 19.3 Å². The molecule has 1 unspecified atom stereocenters. The molecule has 3 heterocycles. The lowest BCUT2D eigenvalue weighted by Gasteiger charge is -2.32. The molecule has 3 atom stereocenters. The number of fused-ring (bicyclic) bond motifs is 1. The number of nitrogens with zero attached hydrogens (tertiary/aromatic N) is 3. The molecule has 3 N–H and O–H groups in total. The van der Waals surface area contributed by atoms with Crippen LogP contribution >= 0.6 is 0 Å². The molecule has 0 aromatic heterocycles. The summed E-state index contributed by atoms with van der Waals surface area (Å²) >= 11 is 0. The number of carboxylic acids is 1. The van der Waals surface area contributed by atoms with E-state index in [9.17, 15) is 19.5 Å². The van der Waals surface area contributed by atoms with Crippen LogP contribution in [0.1, 0.15) is 75.3 Å². The fourth-order valence-corrected chi connectivity index (χ4v) is 6.44. The van der Waals surface area contributed by atoms with Crippen molar-refractivity contribution in [3.8, 4) is 5.75 Å². The Morgan fingerprint density at radius 1 is 1.15 bits per heavy atom. The summed E-state index contributed by atoms with van der Waals surface area (Å²) in [6.45, 7) is 6.70. The predicted molar refractivity (Wildman–Crippen MR) is 150 cm³/mol. The molecule has 0 spiro atoms. The van der Waals surface area contributed by atoms with Crippen LogP contribution < -0.4 is 10.5 Å². The number of nitrogens with two attached hydrogens (primary N) is 1. The molecular formula is C30H46N4O5. The Morgan fingerprint density at radius 2 is 1.97 bits per heavy atom. The average molecular weight is 543 g/mol. The summed E-state index contributed by atoms with van der Waals surface area (Å²) in [6, 6.07) is 5.71. The first-order valence-corrected chi connectivity index (χ1v) is 14.9. The third-order valence-electron chi connectivity index (χ3n) is 8.65. The molecule has 2 amide bonds. The van der Waals surface area contributed by atoms with E-state index in [4.69, 9.17) is 10.5 Å². The monoisotopic (exact) mass is 542 g/mol. The minimum absolute atomic E-state index is 0.0478. The van der Waals surface area contributed by atoms with Gasteiger partial charge in [0.25, 0.3) is 0 Å². The number of likely N-dealkylation sites (tertiary alicyclic amines) is 2. The SMILES string of the molecule is CCCCN(CCCCN)C(=O)CN1C[C@H](c2ccc3c(c2)CCO3)C(C(=O)O)[C@@H]1CCN1CCCCC1=O. The van der Waals surface area contributed by atoms with Gasteiger partial charge in [-0.1, -0.05) is 25.5 Å². The van der Waals surface area contributed by atoms with Crippen molar-refractivity contribution in [3.63, 3.8) is 0 Å². The molecule has 2 saturated heterocycles. The fraction of sp³-hybridized carbons (Fsp3) is 0.700. The van der Waals surface area contributed by atoms with Crippen LogP contribution in [0.4, 0.5) is 0 Å². The van der Waals surface area contributed by atoms with Gasteiger partial charge in [-0.15, -0.1) is 0 Å². The highest BCUT2D eigenvalue weighted by atomic mass is 16.5. The highest BCUT2D eigenvalue weighted by Crippen LogP contribution is 2.41. The van der Waals surface area contributed by atoms with E-state index in [1.807, 2.05) is 21.9 Å². The molecule has 0 bridgehead atoms. The molecule has 4 rings (SSSR count). The van der Waals surface area contributed by atoms with Crippen LogP contribution in [-0.2, 0) is 20.8 Å². The number of carbonyl (C=O) groups is 3. The van der Waals surface area contributed by atoms with Gasteiger partial charge in [-0.05, 0) is 62.3 Å². The van der Waals surface area contributed by atoms with E-state index in [2.05, 4.69) is 17.9 Å². The van der Waals surface area contributed by atoms with Crippen molar-refractivity contribution in [2.24, 2.45) is 11.7 Å². The first kappa shape index (κ1) is 29.3. The Morgan fingerprint density at radius 3 is 2.72 bits per heavy atom. The van der Waals surface area contributed by atoms with Gasteiger partial charge in [0.05, 0.1) is 19.1 Å². The van der Waals surface area contributed by atoms with Gasteiger partial charge in [-0.25, -0.2) is 0 Å². The lowest BCUT2D eigenvalue weighted by Crippen LogP contribution is -2.46. The Kier molecular flexibility index (Phi) is 10.6. The van der Waals surface area contributed by atoms with Crippen molar-refractivity contribution in [1.29, 1.82) is 0 Å². The maximum atomic E-state index is 13.6. The molecule has 9 nitrogen and oxygen atoms in total. The van der Waals surface area contributed by atoms with Gasteiger partial charge in [-0.2, -0.15) is 0 Å². The largest absolute Gasteiger partial charge is 0.493 e. The lowest BCUT2D eigenvalue weighted by molar-refractivity contribution is -0.144. The van der Waals surface area contributed by atoms with Crippen LogP contribution in [0.2, 0.25) is 0 Å². The van der Waals surface area contributed by atoms with E-state index in [1.54, 1.807) is 0 Å². The maximum absolute atomic E-state index is 13.6. The van der Waals surface area contributed by atoms with Crippen molar-refractivity contribution in [3.05, 3.63) is 29.3 Å². The predicted octanol–water partition coefficient (Wildman–Crippen LogP) is 2.86. The number of carbonyl (C=O) groups excluding carboxylic acids is 2. The summed E-state index contributed by atoms with van der Waals surface area (Å²) in [5, 5.41) is 10.5. The first-order valence-electron chi connectivity index (χ1n) is 14.9. The maximum Gasteiger partial charge on any atom is 0.308 e. The van der Waals surface area contributed by atoms with Crippen molar-refractivity contribution in [2.75, 3.05) is 52.4 Å². The van der Waals surface area contributed by atoms with Crippen molar-refractivity contribution >= 4 is 17.8 Å². The van der Waals surface area contributed by atoms with Crippen LogP contribution in [0.3, 0.4) is 0 Å². The van der Waals surface area contributed by atoms with E-state index < -0.39 is 11.9 Å². The van der Waals surface area contributed by atoms with E-state index >= 15 is 0 Å². The minimum Gasteiger partial charge on any atom is -0.493 e. The van der Waals surface area contributed by atoms with Crippen molar-refractivity contribution < 1.29 is 24.2 Å². The minimum atomic E-state index is -0.840. The molecule has 3 aliphatic rings. The Labute approximate surface area is 232 Å². The van der Waals surface area contributed by atoms with E-state index in [1.165, 1.54) is 0 Å². The molecule has 1 aromatic rings. The number of piperidine rings is 1. The zero-order valence-electron chi connectivity index (χ0n) is 23.5. The fourth-order valence-electron chi connectivity index (χ4n) is 6.44. The molecule has 9 heteroatoms. The standard InChI is InChI=1S/C30H46N4O5/c1-2-3-14-32(16-7-5-13-31)28(36)21-34-20-24(22-9-10-26-23(19-22)12-18-39-26)29(30(37)38)25(34)11-17-33-15-6-4-8-27(33)35/h9-10,19,24-25,29H,2-8,11-18,20-21,31H2,1H3,(H,37,38)/t24-,25+,29?/m1/s1. The molecule has 39 heavy (non-hydrogen) atoms. The van der Waals surface area contributed by atoms with Gasteiger partial charge in [0, 0.05) is 57.5 Å². The van der Waals surface area contributed by atoms with Crippen LogP contribution in [-0.4, -0.2) is 96.1 Å². The van der Waals surface area contributed by atoms with E-state index in [-0.39, 0.29) is 30.3 Å². The zero-order valence-corrected chi connectivity index (χ0v) is 23.5. The number of hydrogen-bond donors (Lipinski definition) is 2. The molecule has 3 aliphatic heterocycles. The number of carboxylic acid groups (broad SMARTS) is 1. The summed E-state index contributed by atoms with van der Waals surface area (Å²) in [5.74, 6) is -0.655. The van der Waals surface area contributed by atoms with Crippen LogP contribution in [0.25, 0.3) is 0 Å². The number of ether oxygens (including phenoxy) is 1. The van der Waals surface area contributed by atoms with Gasteiger partial charge in [0.2, 0.25) is 11.8 Å². The van der Waals surface area contributed by atoms with E-state index in [0.717, 1.165) is 68.4 Å². The highest BCUT2D eigenvalue weighted by Gasteiger charge is 2.47. The van der Waals surface area contributed by atoms with Crippen LogP contribution in [0.15, 0.2) is 18.2 Å². The third-order valence-corrected chi connectivity index (χ3v) is 8.65. The second kappa shape index (κ2) is 14.1. The zero-order chi connectivity index (χ0) is 27.8. The average Bonchev–Trinajstić information content (AvgIpc) is 3.54. The van der Waals surface area contributed by atoms with Crippen LogP contribution in [0.5, 0.6) is 5.75 Å². The number of amides is 2. The first-order chi connectivity index (χ1) is 18.9.